The Bertz CT molecular complexity index is 3000. The molecule has 9 aromatic carbocycles. The van der Waals surface area contributed by atoms with Gasteiger partial charge in [-0.3, -0.25) is 0 Å². The van der Waals surface area contributed by atoms with Crippen LogP contribution >= 0.6 is 0 Å². The van der Waals surface area contributed by atoms with Crippen molar-refractivity contribution in [1.29, 1.82) is 0 Å². The van der Waals surface area contributed by atoms with Crippen LogP contribution < -0.4 is 4.90 Å². The second-order valence-corrected chi connectivity index (χ2v) is 14.4. The molecular weight excluding hydrogens is 667 g/mol. The largest absolute Gasteiger partial charge is 0.456 e. The van der Waals surface area contributed by atoms with E-state index in [9.17, 15) is 0 Å². The van der Waals surface area contributed by atoms with Crippen LogP contribution in [0.2, 0.25) is 0 Å². The van der Waals surface area contributed by atoms with Crippen molar-refractivity contribution < 1.29 is 4.42 Å². The van der Waals surface area contributed by atoms with E-state index < -0.39 is 5.41 Å². The number of para-hydroxylation sites is 2. The highest BCUT2D eigenvalue weighted by Gasteiger charge is 2.47. The Labute approximate surface area is 320 Å². The molecule has 0 bridgehead atoms. The SMILES string of the molecule is c1ccc(C2(c3ccccc3)c3ccccc3-c3c(N(c4ccccc4-c4ccc5oc6ccccc6c5c4)c4cccc5ccccc45)cccc32)cc1. The van der Waals surface area contributed by atoms with Crippen molar-refractivity contribution in [2.75, 3.05) is 4.90 Å². The van der Waals surface area contributed by atoms with E-state index in [0.717, 1.165) is 50.1 Å². The monoisotopic (exact) mass is 701 g/mol. The van der Waals surface area contributed by atoms with Gasteiger partial charge in [0.15, 0.2) is 0 Å². The molecule has 0 unspecified atom stereocenters. The van der Waals surface area contributed by atoms with Crippen LogP contribution in [0.4, 0.5) is 17.1 Å². The number of furan rings is 1. The van der Waals surface area contributed by atoms with Crippen LogP contribution in [0, 0.1) is 0 Å². The number of benzene rings is 9. The van der Waals surface area contributed by atoms with Crippen molar-refractivity contribution in [3.63, 3.8) is 0 Å². The number of hydrogen-bond donors (Lipinski definition) is 0. The Balaban J connectivity index is 1.24. The van der Waals surface area contributed by atoms with Gasteiger partial charge in [0.25, 0.3) is 0 Å². The van der Waals surface area contributed by atoms with E-state index in [4.69, 9.17) is 4.42 Å². The van der Waals surface area contributed by atoms with Crippen LogP contribution in [0.1, 0.15) is 22.3 Å². The van der Waals surface area contributed by atoms with Gasteiger partial charge in [0.05, 0.1) is 22.5 Å². The van der Waals surface area contributed by atoms with Gasteiger partial charge in [0.2, 0.25) is 0 Å². The summed E-state index contributed by atoms with van der Waals surface area (Å²) in [5, 5.41) is 4.63. The molecule has 10 aromatic rings. The van der Waals surface area contributed by atoms with E-state index in [0.29, 0.717) is 0 Å². The minimum Gasteiger partial charge on any atom is -0.456 e. The van der Waals surface area contributed by atoms with Crippen LogP contribution in [0.25, 0.3) is 55.0 Å². The first kappa shape index (κ1) is 31.4. The molecule has 0 N–H and O–H groups in total. The zero-order valence-electron chi connectivity index (χ0n) is 30.1. The second kappa shape index (κ2) is 12.5. The first-order valence-corrected chi connectivity index (χ1v) is 18.9. The summed E-state index contributed by atoms with van der Waals surface area (Å²) in [6.45, 7) is 0. The molecule has 0 radical (unpaired) electrons. The fourth-order valence-corrected chi connectivity index (χ4v) is 9.26. The van der Waals surface area contributed by atoms with Crippen molar-refractivity contribution in [1.82, 2.24) is 0 Å². The maximum Gasteiger partial charge on any atom is 0.135 e. The van der Waals surface area contributed by atoms with Crippen molar-refractivity contribution in [3.8, 4) is 22.3 Å². The lowest BCUT2D eigenvalue weighted by atomic mass is 9.68. The minimum absolute atomic E-state index is 0.512. The molecule has 11 rings (SSSR count). The lowest BCUT2D eigenvalue weighted by molar-refractivity contribution is 0.669. The van der Waals surface area contributed by atoms with E-state index in [-0.39, 0.29) is 0 Å². The standard InChI is InChI=1S/C53H35NO/c1-3-19-38(20-4-1)53(39-21-5-2-6-22-39)45-27-12-9-26-43(45)52-46(53)28-16-31-49(52)54(48-30-15-18-36-17-7-8-23-40(36)48)47-29-13-10-24-41(47)37-33-34-51-44(35-37)42-25-11-14-32-50(42)55-51/h1-35H. The quantitative estimate of drug-likeness (QED) is 0.172. The zero-order valence-corrected chi connectivity index (χ0v) is 30.1. The Morgan fingerprint density at radius 1 is 0.364 bits per heavy atom. The van der Waals surface area contributed by atoms with E-state index >= 15 is 0 Å². The van der Waals surface area contributed by atoms with E-state index in [1.807, 2.05) is 12.1 Å². The summed E-state index contributed by atoms with van der Waals surface area (Å²) in [7, 11) is 0. The van der Waals surface area contributed by atoms with Crippen molar-refractivity contribution >= 4 is 49.8 Å². The summed E-state index contributed by atoms with van der Waals surface area (Å²) in [4.78, 5) is 2.51. The number of nitrogens with zero attached hydrogens (tertiary/aromatic N) is 1. The maximum absolute atomic E-state index is 6.27. The van der Waals surface area contributed by atoms with Crippen LogP contribution in [0.15, 0.2) is 217 Å². The molecule has 1 aliphatic carbocycles. The molecule has 0 aliphatic heterocycles. The topological polar surface area (TPSA) is 16.4 Å². The number of fused-ring (bicyclic) bond motifs is 7. The first-order valence-electron chi connectivity index (χ1n) is 18.9. The Morgan fingerprint density at radius 3 is 1.75 bits per heavy atom. The fraction of sp³-hybridized carbons (Fsp3) is 0.0189. The summed E-state index contributed by atoms with van der Waals surface area (Å²) in [5.41, 5.74) is 14.5. The fourth-order valence-electron chi connectivity index (χ4n) is 9.26. The maximum atomic E-state index is 6.27. The van der Waals surface area contributed by atoms with Crippen LogP contribution in [-0.2, 0) is 5.41 Å². The Morgan fingerprint density at radius 2 is 0.927 bits per heavy atom. The molecule has 0 fully saturated rings. The molecule has 0 spiro atoms. The van der Waals surface area contributed by atoms with Crippen molar-refractivity contribution in [2.24, 2.45) is 0 Å². The molecule has 55 heavy (non-hydrogen) atoms. The summed E-state index contributed by atoms with van der Waals surface area (Å²) in [5.74, 6) is 0. The van der Waals surface area contributed by atoms with Gasteiger partial charge >= 0.3 is 0 Å². The Kier molecular flexibility index (Phi) is 7.11. The zero-order chi connectivity index (χ0) is 36.3. The molecule has 2 nitrogen and oxygen atoms in total. The predicted molar refractivity (Wildman–Crippen MR) is 229 cm³/mol. The van der Waals surface area contributed by atoms with Crippen molar-refractivity contribution in [2.45, 2.75) is 5.41 Å². The lowest BCUT2D eigenvalue weighted by Gasteiger charge is -2.35. The minimum atomic E-state index is -0.512. The Hall–Kier alpha value is -7.16. The average Bonchev–Trinajstić information content (AvgIpc) is 3.79. The predicted octanol–water partition coefficient (Wildman–Crippen LogP) is 14.2. The van der Waals surface area contributed by atoms with Crippen LogP contribution in [-0.4, -0.2) is 0 Å². The third-order valence-electron chi connectivity index (χ3n) is 11.5. The van der Waals surface area contributed by atoms with Gasteiger partial charge in [0, 0.05) is 27.3 Å². The highest BCUT2D eigenvalue weighted by molar-refractivity contribution is 6.08. The van der Waals surface area contributed by atoms with E-state index in [2.05, 4.69) is 205 Å². The molecule has 0 saturated heterocycles. The van der Waals surface area contributed by atoms with Crippen LogP contribution in [0.5, 0.6) is 0 Å². The second-order valence-electron chi connectivity index (χ2n) is 14.4. The van der Waals surface area contributed by atoms with Gasteiger partial charge in [0.1, 0.15) is 11.2 Å². The number of hydrogen-bond acceptors (Lipinski definition) is 2. The molecule has 258 valence electrons. The number of anilines is 3. The summed E-state index contributed by atoms with van der Waals surface area (Å²) in [6.07, 6.45) is 0. The highest BCUT2D eigenvalue weighted by Crippen LogP contribution is 2.60. The first-order chi connectivity index (χ1) is 27.3. The smallest absolute Gasteiger partial charge is 0.135 e. The molecule has 0 amide bonds. The molecular formula is C53H35NO. The summed E-state index contributed by atoms with van der Waals surface area (Å²) >= 11 is 0. The number of rotatable bonds is 6. The molecule has 0 saturated carbocycles. The van der Waals surface area contributed by atoms with Gasteiger partial charge in [-0.25, -0.2) is 0 Å². The molecule has 1 aromatic heterocycles. The van der Waals surface area contributed by atoms with E-state index in [1.54, 1.807) is 0 Å². The molecule has 2 heteroatoms. The van der Waals surface area contributed by atoms with Gasteiger partial charge < -0.3 is 9.32 Å². The van der Waals surface area contributed by atoms with Gasteiger partial charge in [-0.15, -0.1) is 0 Å². The molecule has 1 heterocycles. The third-order valence-corrected chi connectivity index (χ3v) is 11.5. The lowest BCUT2D eigenvalue weighted by Crippen LogP contribution is -2.28. The van der Waals surface area contributed by atoms with Crippen LogP contribution in [0.3, 0.4) is 0 Å². The average molecular weight is 702 g/mol. The highest BCUT2D eigenvalue weighted by atomic mass is 16.3. The summed E-state index contributed by atoms with van der Waals surface area (Å²) < 4.78 is 6.27. The normalized spacial score (nSPS) is 12.9. The van der Waals surface area contributed by atoms with Gasteiger partial charge in [-0.2, -0.15) is 0 Å². The molecule has 1 aliphatic rings. The third kappa shape index (κ3) is 4.68. The van der Waals surface area contributed by atoms with Crippen molar-refractivity contribution in [3.05, 3.63) is 235 Å². The van der Waals surface area contributed by atoms with Gasteiger partial charge in [-0.05, 0) is 75.2 Å². The van der Waals surface area contributed by atoms with Gasteiger partial charge in [-0.1, -0.05) is 176 Å². The summed E-state index contributed by atoms with van der Waals surface area (Å²) in [6, 6.07) is 77.2. The van der Waals surface area contributed by atoms with E-state index in [1.165, 1.54) is 44.2 Å². The molecule has 0 atom stereocenters.